The SMILES string of the molecule is COc1ccc(C(C)NC(=O)c2cccnc2F)cc1. The number of pyridine rings is 1. The topological polar surface area (TPSA) is 51.2 Å². The number of nitrogens with zero attached hydrogens (tertiary/aromatic N) is 1. The monoisotopic (exact) mass is 274 g/mol. The molecule has 0 saturated carbocycles. The van der Waals surface area contributed by atoms with Crippen LogP contribution in [0.15, 0.2) is 42.6 Å². The average Bonchev–Trinajstić information content (AvgIpc) is 2.47. The van der Waals surface area contributed by atoms with E-state index in [1.165, 1.54) is 18.3 Å². The van der Waals surface area contributed by atoms with Gasteiger partial charge in [0, 0.05) is 6.20 Å². The van der Waals surface area contributed by atoms with Gasteiger partial charge in [0.25, 0.3) is 5.91 Å². The molecule has 1 aromatic carbocycles. The third-order valence-corrected chi connectivity index (χ3v) is 2.97. The molecule has 0 radical (unpaired) electrons. The molecule has 2 rings (SSSR count). The summed E-state index contributed by atoms with van der Waals surface area (Å²) in [5, 5.41) is 2.73. The maximum atomic E-state index is 13.4. The fourth-order valence-corrected chi connectivity index (χ4v) is 1.81. The summed E-state index contributed by atoms with van der Waals surface area (Å²) in [6.45, 7) is 1.83. The fraction of sp³-hybridized carbons (Fsp3) is 0.200. The summed E-state index contributed by atoms with van der Waals surface area (Å²) in [5.74, 6) is -0.517. The minimum absolute atomic E-state index is 0.0622. The van der Waals surface area contributed by atoms with E-state index in [9.17, 15) is 9.18 Å². The van der Waals surface area contributed by atoms with Crippen LogP contribution in [0.25, 0.3) is 0 Å². The summed E-state index contributed by atoms with van der Waals surface area (Å²) in [4.78, 5) is 15.4. The van der Waals surface area contributed by atoms with E-state index < -0.39 is 11.9 Å². The zero-order valence-electron chi connectivity index (χ0n) is 11.3. The van der Waals surface area contributed by atoms with Gasteiger partial charge in [0.15, 0.2) is 0 Å². The lowest BCUT2D eigenvalue weighted by Crippen LogP contribution is -2.27. The number of aromatic nitrogens is 1. The third-order valence-electron chi connectivity index (χ3n) is 2.97. The molecule has 1 atom stereocenters. The van der Waals surface area contributed by atoms with E-state index in [1.807, 2.05) is 31.2 Å². The molecule has 5 heteroatoms. The lowest BCUT2D eigenvalue weighted by molar-refractivity contribution is 0.0935. The highest BCUT2D eigenvalue weighted by Crippen LogP contribution is 2.17. The van der Waals surface area contributed by atoms with E-state index in [-0.39, 0.29) is 11.6 Å². The van der Waals surface area contributed by atoms with Gasteiger partial charge >= 0.3 is 0 Å². The predicted molar refractivity (Wildman–Crippen MR) is 73.1 cm³/mol. The van der Waals surface area contributed by atoms with E-state index in [4.69, 9.17) is 4.74 Å². The van der Waals surface area contributed by atoms with Gasteiger partial charge in [0.1, 0.15) is 5.75 Å². The molecule has 1 aromatic heterocycles. The van der Waals surface area contributed by atoms with Crippen molar-refractivity contribution in [1.29, 1.82) is 0 Å². The molecular formula is C15H15FN2O2. The van der Waals surface area contributed by atoms with Crippen LogP contribution < -0.4 is 10.1 Å². The van der Waals surface area contributed by atoms with Gasteiger partial charge in [0.05, 0.1) is 18.7 Å². The van der Waals surface area contributed by atoms with Crippen molar-refractivity contribution in [3.63, 3.8) is 0 Å². The van der Waals surface area contributed by atoms with Gasteiger partial charge in [-0.3, -0.25) is 4.79 Å². The van der Waals surface area contributed by atoms with Crippen molar-refractivity contribution in [2.45, 2.75) is 13.0 Å². The normalized spacial score (nSPS) is 11.8. The zero-order valence-corrected chi connectivity index (χ0v) is 11.3. The predicted octanol–water partition coefficient (Wildman–Crippen LogP) is 2.72. The fourth-order valence-electron chi connectivity index (χ4n) is 1.81. The number of carbonyl (C=O) groups is 1. The Morgan fingerprint density at radius 2 is 2.00 bits per heavy atom. The zero-order chi connectivity index (χ0) is 14.5. The van der Waals surface area contributed by atoms with Crippen LogP contribution in [0.4, 0.5) is 4.39 Å². The van der Waals surface area contributed by atoms with Crippen molar-refractivity contribution in [1.82, 2.24) is 10.3 Å². The van der Waals surface area contributed by atoms with Gasteiger partial charge in [-0.2, -0.15) is 4.39 Å². The summed E-state index contributed by atoms with van der Waals surface area (Å²) < 4.78 is 18.5. The lowest BCUT2D eigenvalue weighted by atomic mass is 10.1. The first kappa shape index (κ1) is 14.0. The van der Waals surface area contributed by atoms with Gasteiger partial charge in [-0.15, -0.1) is 0 Å². The second kappa shape index (κ2) is 6.14. The Balaban J connectivity index is 2.09. The minimum atomic E-state index is -0.771. The quantitative estimate of drug-likeness (QED) is 0.872. The van der Waals surface area contributed by atoms with Crippen molar-refractivity contribution >= 4 is 5.91 Å². The molecule has 0 bridgehead atoms. The first-order chi connectivity index (χ1) is 9.61. The Morgan fingerprint density at radius 3 is 2.60 bits per heavy atom. The molecule has 1 amide bonds. The number of ether oxygens (including phenoxy) is 1. The van der Waals surface area contributed by atoms with Gasteiger partial charge in [0.2, 0.25) is 5.95 Å². The number of hydrogen-bond acceptors (Lipinski definition) is 3. The Morgan fingerprint density at radius 1 is 1.30 bits per heavy atom. The maximum Gasteiger partial charge on any atom is 0.256 e. The van der Waals surface area contributed by atoms with Crippen LogP contribution in [0.1, 0.15) is 28.9 Å². The highest BCUT2D eigenvalue weighted by atomic mass is 19.1. The van der Waals surface area contributed by atoms with Gasteiger partial charge in [-0.1, -0.05) is 12.1 Å². The van der Waals surface area contributed by atoms with E-state index in [1.54, 1.807) is 7.11 Å². The molecule has 20 heavy (non-hydrogen) atoms. The Hall–Kier alpha value is -2.43. The summed E-state index contributed by atoms with van der Waals surface area (Å²) in [6.07, 6.45) is 1.30. The molecule has 0 saturated heterocycles. The summed E-state index contributed by atoms with van der Waals surface area (Å²) in [6, 6.07) is 10.00. The van der Waals surface area contributed by atoms with Crippen LogP contribution in [0.3, 0.4) is 0 Å². The number of benzene rings is 1. The molecule has 2 aromatic rings. The third kappa shape index (κ3) is 3.12. The summed E-state index contributed by atoms with van der Waals surface area (Å²) >= 11 is 0. The summed E-state index contributed by atoms with van der Waals surface area (Å²) in [5.41, 5.74) is 0.844. The van der Waals surface area contributed by atoms with E-state index in [0.717, 1.165) is 11.3 Å². The summed E-state index contributed by atoms with van der Waals surface area (Å²) in [7, 11) is 1.59. The smallest absolute Gasteiger partial charge is 0.256 e. The molecule has 0 aliphatic heterocycles. The molecule has 4 nitrogen and oxygen atoms in total. The van der Waals surface area contributed by atoms with Crippen LogP contribution in [0.5, 0.6) is 5.75 Å². The Kier molecular flexibility index (Phi) is 4.30. The van der Waals surface area contributed by atoms with Crippen LogP contribution in [-0.4, -0.2) is 18.0 Å². The van der Waals surface area contributed by atoms with E-state index >= 15 is 0 Å². The maximum absolute atomic E-state index is 13.4. The minimum Gasteiger partial charge on any atom is -0.497 e. The molecule has 0 aliphatic rings. The first-order valence-corrected chi connectivity index (χ1v) is 6.17. The molecule has 1 unspecified atom stereocenters. The Bertz CT molecular complexity index is 599. The van der Waals surface area contributed by atoms with Gasteiger partial charge in [-0.05, 0) is 36.8 Å². The van der Waals surface area contributed by atoms with Crippen molar-refractivity contribution in [2.75, 3.05) is 7.11 Å². The van der Waals surface area contributed by atoms with Crippen molar-refractivity contribution in [3.8, 4) is 5.75 Å². The molecular weight excluding hydrogens is 259 g/mol. The lowest BCUT2D eigenvalue weighted by Gasteiger charge is -2.14. The molecule has 0 fully saturated rings. The number of carbonyl (C=O) groups excluding carboxylic acids is 1. The number of halogens is 1. The first-order valence-electron chi connectivity index (χ1n) is 6.17. The molecule has 0 spiro atoms. The number of rotatable bonds is 4. The van der Waals surface area contributed by atoms with Gasteiger partial charge in [-0.25, -0.2) is 4.98 Å². The van der Waals surface area contributed by atoms with Crippen molar-refractivity contribution < 1.29 is 13.9 Å². The molecule has 1 N–H and O–H groups in total. The average molecular weight is 274 g/mol. The number of amides is 1. The van der Waals surface area contributed by atoms with E-state index in [0.29, 0.717) is 0 Å². The number of methoxy groups -OCH3 is 1. The number of hydrogen-bond donors (Lipinski definition) is 1. The van der Waals surface area contributed by atoms with Crippen LogP contribution in [0.2, 0.25) is 0 Å². The highest BCUT2D eigenvalue weighted by molar-refractivity contribution is 5.94. The Labute approximate surface area is 116 Å². The largest absolute Gasteiger partial charge is 0.497 e. The molecule has 0 aliphatic carbocycles. The van der Waals surface area contributed by atoms with E-state index in [2.05, 4.69) is 10.3 Å². The van der Waals surface area contributed by atoms with Crippen molar-refractivity contribution in [2.24, 2.45) is 0 Å². The second-order valence-electron chi connectivity index (χ2n) is 4.31. The molecule has 104 valence electrons. The highest BCUT2D eigenvalue weighted by Gasteiger charge is 2.15. The van der Waals surface area contributed by atoms with Crippen LogP contribution in [0, 0.1) is 5.95 Å². The number of nitrogens with one attached hydrogen (secondary N) is 1. The van der Waals surface area contributed by atoms with Crippen LogP contribution >= 0.6 is 0 Å². The standard InChI is InChI=1S/C15H15FN2O2/c1-10(11-5-7-12(20-2)8-6-11)18-15(19)13-4-3-9-17-14(13)16/h3-10H,1-2H3,(H,18,19). The molecule has 1 heterocycles. The van der Waals surface area contributed by atoms with Crippen molar-refractivity contribution in [3.05, 3.63) is 59.7 Å². The van der Waals surface area contributed by atoms with Gasteiger partial charge < -0.3 is 10.1 Å². The second-order valence-corrected chi connectivity index (χ2v) is 4.31. The van der Waals surface area contributed by atoms with Crippen LogP contribution in [-0.2, 0) is 0 Å².